The summed E-state index contributed by atoms with van der Waals surface area (Å²) in [4.78, 5) is 25.8. The number of rotatable bonds is 5. The molecule has 0 atom stereocenters. The number of allylic oxidation sites excluding steroid dienone is 4. The van der Waals surface area contributed by atoms with E-state index in [1.54, 1.807) is 19.9 Å². The van der Waals surface area contributed by atoms with E-state index in [-0.39, 0.29) is 30.5 Å². The smallest absolute Gasteiger partial charge is 0.311 e. The van der Waals surface area contributed by atoms with Crippen LogP contribution in [0, 0.1) is 0 Å². The molecular weight excluding hydrogens is 342 g/mol. The van der Waals surface area contributed by atoms with E-state index in [4.69, 9.17) is 9.47 Å². The summed E-state index contributed by atoms with van der Waals surface area (Å²) in [5.74, 6) is -0.156. The molecule has 0 fully saturated rings. The Morgan fingerprint density at radius 3 is 2.26 bits per heavy atom. The summed E-state index contributed by atoms with van der Waals surface area (Å²) >= 11 is 0. The van der Waals surface area contributed by atoms with E-state index in [0.717, 1.165) is 23.3 Å². The van der Waals surface area contributed by atoms with Gasteiger partial charge in [-0.05, 0) is 41.3 Å². The highest BCUT2D eigenvalue weighted by Gasteiger charge is 2.22. The summed E-state index contributed by atoms with van der Waals surface area (Å²) in [6.45, 7) is 5.60. The number of carbonyl (C=O) groups excluding carboxylic acids is 2. The molecule has 0 spiro atoms. The van der Waals surface area contributed by atoms with E-state index in [1.165, 1.54) is 16.8 Å². The van der Waals surface area contributed by atoms with Crippen molar-refractivity contribution in [1.29, 1.82) is 0 Å². The van der Waals surface area contributed by atoms with Gasteiger partial charge < -0.3 is 14.4 Å². The van der Waals surface area contributed by atoms with Crippen molar-refractivity contribution in [3.8, 4) is 11.5 Å². The van der Waals surface area contributed by atoms with Crippen LogP contribution in [-0.4, -0.2) is 23.9 Å². The van der Waals surface area contributed by atoms with Gasteiger partial charge in [-0.15, -0.1) is 0 Å². The Balaban J connectivity index is 2.24. The molecule has 0 saturated heterocycles. The average Bonchev–Trinajstić information content (AvgIpc) is 2.68. The van der Waals surface area contributed by atoms with Crippen LogP contribution in [0.2, 0.25) is 0 Å². The summed E-state index contributed by atoms with van der Waals surface area (Å²) in [6.07, 6.45) is 8.59. The first kappa shape index (κ1) is 19.0. The summed E-state index contributed by atoms with van der Waals surface area (Å²) in [7, 11) is 2.02. The van der Waals surface area contributed by atoms with Crippen molar-refractivity contribution in [2.75, 3.05) is 7.05 Å². The maximum Gasteiger partial charge on any atom is 0.311 e. The molecule has 1 aliphatic carbocycles. The number of hydrogen-bond donors (Lipinski definition) is 0. The Morgan fingerprint density at radius 2 is 1.67 bits per heavy atom. The van der Waals surface area contributed by atoms with Crippen molar-refractivity contribution in [1.82, 2.24) is 4.90 Å². The SMILES string of the molecule is CCC(=O)Oc1cc2c(cc1OC(=O)CC)=C1CC=CC(CC)=C1N(C)C=2. The highest BCUT2D eigenvalue weighted by molar-refractivity contribution is 5.78. The second-order valence-corrected chi connectivity index (χ2v) is 6.59. The third kappa shape index (κ3) is 3.68. The fourth-order valence-electron chi connectivity index (χ4n) is 3.42. The lowest BCUT2D eigenvalue weighted by atomic mass is 9.91. The van der Waals surface area contributed by atoms with E-state index >= 15 is 0 Å². The van der Waals surface area contributed by atoms with Crippen LogP contribution in [0.15, 0.2) is 35.6 Å². The Morgan fingerprint density at radius 1 is 1.04 bits per heavy atom. The van der Waals surface area contributed by atoms with E-state index in [2.05, 4.69) is 24.0 Å². The Hall–Kier alpha value is -2.82. The molecule has 0 saturated carbocycles. The minimum Gasteiger partial charge on any atom is -0.422 e. The monoisotopic (exact) mass is 367 g/mol. The van der Waals surface area contributed by atoms with Crippen molar-refractivity contribution in [2.45, 2.75) is 46.5 Å². The third-order valence-electron chi connectivity index (χ3n) is 4.76. The molecule has 1 heterocycles. The zero-order valence-electron chi connectivity index (χ0n) is 16.3. The topological polar surface area (TPSA) is 55.8 Å². The predicted molar refractivity (Wildman–Crippen MR) is 104 cm³/mol. The molecule has 3 rings (SSSR count). The van der Waals surface area contributed by atoms with Crippen LogP contribution in [-0.2, 0) is 9.59 Å². The van der Waals surface area contributed by atoms with Gasteiger partial charge in [0.2, 0.25) is 0 Å². The lowest BCUT2D eigenvalue weighted by Gasteiger charge is -2.29. The van der Waals surface area contributed by atoms with Crippen molar-refractivity contribution >= 4 is 23.7 Å². The lowest BCUT2D eigenvalue weighted by molar-refractivity contribution is -0.136. The van der Waals surface area contributed by atoms with Crippen molar-refractivity contribution < 1.29 is 19.1 Å². The van der Waals surface area contributed by atoms with E-state index in [1.807, 2.05) is 19.3 Å². The van der Waals surface area contributed by atoms with Gasteiger partial charge in [0.1, 0.15) is 0 Å². The van der Waals surface area contributed by atoms with Gasteiger partial charge in [-0.1, -0.05) is 32.9 Å². The normalized spacial score (nSPS) is 15.1. The molecule has 0 bridgehead atoms. The molecule has 5 heteroatoms. The third-order valence-corrected chi connectivity index (χ3v) is 4.76. The number of carbonyl (C=O) groups is 2. The Labute approximate surface area is 159 Å². The van der Waals surface area contributed by atoms with Crippen molar-refractivity contribution in [3.63, 3.8) is 0 Å². The molecule has 0 unspecified atom stereocenters. The fourth-order valence-corrected chi connectivity index (χ4v) is 3.42. The largest absolute Gasteiger partial charge is 0.422 e. The summed E-state index contributed by atoms with van der Waals surface area (Å²) in [6, 6.07) is 3.61. The second-order valence-electron chi connectivity index (χ2n) is 6.59. The van der Waals surface area contributed by atoms with Gasteiger partial charge in [-0.3, -0.25) is 9.59 Å². The van der Waals surface area contributed by atoms with Gasteiger partial charge in [0.25, 0.3) is 0 Å². The van der Waals surface area contributed by atoms with Crippen LogP contribution >= 0.6 is 0 Å². The van der Waals surface area contributed by atoms with Crippen LogP contribution in [0.5, 0.6) is 11.5 Å². The van der Waals surface area contributed by atoms with Gasteiger partial charge >= 0.3 is 11.9 Å². The number of esters is 2. The van der Waals surface area contributed by atoms with E-state index < -0.39 is 0 Å². The second kappa shape index (κ2) is 7.82. The van der Waals surface area contributed by atoms with Gasteiger partial charge in [-0.2, -0.15) is 0 Å². The molecule has 0 N–H and O–H groups in total. The van der Waals surface area contributed by atoms with Crippen LogP contribution in [0.3, 0.4) is 0 Å². The molecule has 27 heavy (non-hydrogen) atoms. The minimum atomic E-state index is -0.366. The summed E-state index contributed by atoms with van der Waals surface area (Å²) < 4.78 is 10.9. The van der Waals surface area contributed by atoms with Crippen LogP contribution in [0.4, 0.5) is 0 Å². The molecule has 0 aromatic heterocycles. The van der Waals surface area contributed by atoms with Crippen LogP contribution in [0.25, 0.3) is 11.8 Å². The standard InChI is InChI=1S/C22H25NO4/c1-5-14-9-8-10-16-17-12-19(27-21(25)7-3)18(26-20(24)6-2)11-15(17)13-23(4)22(14)16/h8-9,11-13H,5-7,10H2,1-4H3. The molecule has 1 aromatic rings. The summed E-state index contributed by atoms with van der Waals surface area (Å²) in [5, 5.41) is 1.95. The minimum absolute atomic E-state index is 0.247. The Kier molecular flexibility index (Phi) is 5.49. The lowest BCUT2D eigenvalue weighted by Crippen LogP contribution is -2.37. The maximum atomic E-state index is 11.9. The number of ether oxygens (including phenoxy) is 2. The van der Waals surface area contributed by atoms with E-state index in [9.17, 15) is 9.59 Å². The number of nitrogens with zero attached hydrogens (tertiary/aromatic N) is 1. The van der Waals surface area contributed by atoms with Crippen LogP contribution in [0.1, 0.15) is 46.5 Å². The Bertz CT molecular complexity index is 969. The highest BCUT2D eigenvalue weighted by atomic mass is 16.6. The molecule has 5 nitrogen and oxygen atoms in total. The molecule has 1 aromatic carbocycles. The molecule has 0 amide bonds. The average molecular weight is 367 g/mol. The summed E-state index contributed by atoms with van der Waals surface area (Å²) in [5.41, 5.74) is 3.66. The molecule has 2 aliphatic rings. The van der Waals surface area contributed by atoms with Gasteiger partial charge in [0, 0.05) is 37.0 Å². The maximum absolute atomic E-state index is 11.9. The first-order valence-electron chi connectivity index (χ1n) is 9.41. The van der Waals surface area contributed by atoms with Gasteiger partial charge in [0.05, 0.1) is 0 Å². The van der Waals surface area contributed by atoms with Crippen molar-refractivity contribution in [3.05, 3.63) is 46.0 Å². The number of hydrogen-bond acceptors (Lipinski definition) is 5. The number of fused-ring (bicyclic) bond motifs is 2. The molecule has 0 radical (unpaired) electrons. The van der Waals surface area contributed by atoms with Crippen LogP contribution < -0.4 is 19.9 Å². The van der Waals surface area contributed by atoms with Gasteiger partial charge in [-0.25, -0.2) is 0 Å². The predicted octanol–water partition coefficient (Wildman–Crippen LogP) is 2.78. The fraction of sp³-hybridized carbons (Fsp3) is 0.364. The molecule has 1 aliphatic heterocycles. The zero-order chi connectivity index (χ0) is 19.6. The highest BCUT2D eigenvalue weighted by Crippen LogP contribution is 2.32. The molecular formula is C22H25NO4. The first-order valence-corrected chi connectivity index (χ1v) is 9.41. The molecule has 142 valence electrons. The quantitative estimate of drug-likeness (QED) is 0.592. The zero-order valence-corrected chi connectivity index (χ0v) is 16.3. The van der Waals surface area contributed by atoms with Crippen molar-refractivity contribution in [2.24, 2.45) is 0 Å². The first-order chi connectivity index (χ1) is 13.0. The van der Waals surface area contributed by atoms with Gasteiger partial charge in [0.15, 0.2) is 11.5 Å². The van der Waals surface area contributed by atoms with E-state index in [0.29, 0.717) is 5.75 Å². The number of benzene rings is 1.